The molecule has 0 aliphatic carbocycles. The zero-order valence-electron chi connectivity index (χ0n) is 11.2. The Balaban J connectivity index is 2.47. The monoisotopic (exact) mass is 257 g/mol. The summed E-state index contributed by atoms with van der Waals surface area (Å²) in [6.07, 6.45) is 1.38. The molecule has 6 heteroatoms. The maximum absolute atomic E-state index is 11.9. The number of carboxylic acid groups (broad SMARTS) is 1. The van der Waals surface area contributed by atoms with Crippen molar-refractivity contribution in [3.8, 4) is 0 Å². The zero-order valence-corrected chi connectivity index (χ0v) is 11.2. The van der Waals surface area contributed by atoms with Crippen LogP contribution in [0.5, 0.6) is 0 Å². The Kier molecular flexibility index (Phi) is 5.55. The standard InChI is InChI=1S/C12H23N3O3/c1-3-12(2,11(17)18)14-10(16)9-15-7-4-5-13-6-8-15/h13H,3-9H2,1-2H3,(H,14,16)(H,17,18). The second-order valence-electron chi connectivity index (χ2n) is 4.92. The number of hydrogen-bond acceptors (Lipinski definition) is 4. The molecule has 3 N–H and O–H groups in total. The number of carboxylic acids is 1. The van der Waals surface area contributed by atoms with Crippen molar-refractivity contribution in [3.63, 3.8) is 0 Å². The van der Waals surface area contributed by atoms with Crippen molar-refractivity contribution in [3.05, 3.63) is 0 Å². The van der Waals surface area contributed by atoms with Crippen LogP contribution in [0.3, 0.4) is 0 Å². The van der Waals surface area contributed by atoms with E-state index in [1.807, 2.05) is 4.90 Å². The first kappa shape index (κ1) is 14.9. The number of carbonyl (C=O) groups excluding carboxylic acids is 1. The van der Waals surface area contributed by atoms with Crippen molar-refractivity contribution < 1.29 is 14.7 Å². The molecular formula is C12H23N3O3. The van der Waals surface area contributed by atoms with Gasteiger partial charge in [-0.2, -0.15) is 0 Å². The number of aliphatic carboxylic acids is 1. The van der Waals surface area contributed by atoms with E-state index in [0.29, 0.717) is 6.42 Å². The van der Waals surface area contributed by atoms with Gasteiger partial charge in [-0.3, -0.25) is 9.69 Å². The van der Waals surface area contributed by atoms with E-state index < -0.39 is 11.5 Å². The van der Waals surface area contributed by atoms with Crippen LogP contribution in [0, 0.1) is 0 Å². The summed E-state index contributed by atoms with van der Waals surface area (Å²) in [5.41, 5.74) is -1.17. The minimum Gasteiger partial charge on any atom is -0.480 e. The summed E-state index contributed by atoms with van der Waals surface area (Å²) in [7, 11) is 0. The number of amides is 1. The van der Waals surface area contributed by atoms with E-state index >= 15 is 0 Å². The lowest BCUT2D eigenvalue weighted by molar-refractivity contribution is -0.147. The predicted molar refractivity (Wildman–Crippen MR) is 68.4 cm³/mol. The molecule has 1 unspecified atom stereocenters. The molecule has 1 amide bonds. The molecule has 1 saturated heterocycles. The summed E-state index contributed by atoms with van der Waals surface area (Å²) in [5, 5.41) is 15.0. The molecule has 1 fully saturated rings. The zero-order chi connectivity index (χ0) is 13.6. The maximum atomic E-state index is 11.9. The molecular weight excluding hydrogens is 234 g/mol. The molecule has 0 bridgehead atoms. The molecule has 1 atom stereocenters. The third kappa shape index (κ3) is 4.27. The van der Waals surface area contributed by atoms with Gasteiger partial charge in [-0.15, -0.1) is 0 Å². The Morgan fingerprint density at radius 2 is 2.11 bits per heavy atom. The minimum absolute atomic E-state index is 0.219. The van der Waals surface area contributed by atoms with Gasteiger partial charge in [-0.25, -0.2) is 4.79 Å². The quantitative estimate of drug-likeness (QED) is 0.627. The van der Waals surface area contributed by atoms with Gasteiger partial charge in [0.15, 0.2) is 0 Å². The van der Waals surface area contributed by atoms with Crippen LogP contribution in [-0.4, -0.2) is 60.1 Å². The summed E-state index contributed by atoms with van der Waals surface area (Å²) < 4.78 is 0. The molecule has 0 radical (unpaired) electrons. The van der Waals surface area contributed by atoms with Crippen LogP contribution in [0.1, 0.15) is 26.7 Å². The highest BCUT2D eigenvalue weighted by atomic mass is 16.4. The van der Waals surface area contributed by atoms with Crippen LogP contribution in [0.25, 0.3) is 0 Å². The van der Waals surface area contributed by atoms with Crippen LogP contribution >= 0.6 is 0 Å². The summed E-state index contributed by atoms with van der Waals surface area (Å²) >= 11 is 0. The van der Waals surface area contributed by atoms with E-state index in [-0.39, 0.29) is 12.5 Å². The lowest BCUT2D eigenvalue weighted by Gasteiger charge is -2.26. The van der Waals surface area contributed by atoms with Gasteiger partial charge in [-0.1, -0.05) is 6.92 Å². The molecule has 1 aliphatic rings. The number of rotatable bonds is 5. The van der Waals surface area contributed by atoms with E-state index in [2.05, 4.69) is 10.6 Å². The predicted octanol–water partition coefficient (Wildman–Crippen LogP) is -0.349. The summed E-state index contributed by atoms with van der Waals surface area (Å²) in [6.45, 7) is 7.10. The highest BCUT2D eigenvalue weighted by Gasteiger charge is 2.32. The van der Waals surface area contributed by atoms with E-state index in [1.54, 1.807) is 6.92 Å². The average molecular weight is 257 g/mol. The van der Waals surface area contributed by atoms with Crippen LogP contribution in [0.2, 0.25) is 0 Å². The van der Waals surface area contributed by atoms with Crippen LogP contribution in [0.4, 0.5) is 0 Å². The summed E-state index contributed by atoms with van der Waals surface area (Å²) in [5.74, 6) is -1.21. The maximum Gasteiger partial charge on any atom is 0.329 e. The molecule has 104 valence electrons. The van der Waals surface area contributed by atoms with Gasteiger partial charge in [0.1, 0.15) is 5.54 Å². The Morgan fingerprint density at radius 3 is 2.72 bits per heavy atom. The fourth-order valence-electron chi connectivity index (χ4n) is 1.90. The van der Waals surface area contributed by atoms with Gasteiger partial charge in [0.2, 0.25) is 5.91 Å². The number of nitrogens with one attached hydrogen (secondary N) is 2. The molecule has 1 aliphatic heterocycles. The fraction of sp³-hybridized carbons (Fsp3) is 0.833. The summed E-state index contributed by atoms with van der Waals surface area (Å²) in [6, 6.07) is 0. The van der Waals surface area contributed by atoms with Crippen molar-refractivity contribution in [1.29, 1.82) is 0 Å². The largest absolute Gasteiger partial charge is 0.480 e. The van der Waals surface area contributed by atoms with Gasteiger partial charge < -0.3 is 15.7 Å². The lowest BCUT2D eigenvalue weighted by atomic mass is 9.99. The van der Waals surface area contributed by atoms with Crippen molar-refractivity contribution in [2.45, 2.75) is 32.2 Å². The third-order valence-corrected chi connectivity index (χ3v) is 3.39. The molecule has 0 saturated carbocycles. The van der Waals surface area contributed by atoms with Crippen LogP contribution < -0.4 is 10.6 Å². The number of hydrogen-bond donors (Lipinski definition) is 3. The van der Waals surface area contributed by atoms with E-state index in [0.717, 1.165) is 32.6 Å². The second-order valence-corrected chi connectivity index (χ2v) is 4.92. The van der Waals surface area contributed by atoms with Gasteiger partial charge in [0, 0.05) is 13.1 Å². The molecule has 1 heterocycles. The molecule has 0 aromatic heterocycles. The Morgan fingerprint density at radius 1 is 1.39 bits per heavy atom. The number of nitrogens with zero attached hydrogens (tertiary/aromatic N) is 1. The Bertz CT molecular complexity index is 301. The molecule has 1 rings (SSSR count). The normalized spacial score (nSPS) is 20.8. The number of carbonyl (C=O) groups is 2. The fourth-order valence-corrected chi connectivity index (χ4v) is 1.90. The van der Waals surface area contributed by atoms with Crippen LogP contribution in [-0.2, 0) is 9.59 Å². The highest BCUT2D eigenvalue weighted by Crippen LogP contribution is 2.09. The van der Waals surface area contributed by atoms with Crippen molar-refractivity contribution in [2.75, 3.05) is 32.7 Å². The van der Waals surface area contributed by atoms with Crippen LogP contribution in [0.15, 0.2) is 0 Å². The first-order valence-corrected chi connectivity index (χ1v) is 6.45. The van der Waals surface area contributed by atoms with E-state index in [4.69, 9.17) is 5.11 Å². The molecule has 0 aromatic carbocycles. The molecule has 18 heavy (non-hydrogen) atoms. The lowest BCUT2D eigenvalue weighted by Crippen LogP contribution is -2.54. The van der Waals surface area contributed by atoms with Crippen molar-refractivity contribution in [1.82, 2.24) is 15.5 Å². The Hall–Kier alpha value is -1.14. The van der Waals surface area contributed by atoms with Crippen molar-refractivity contribution in [2.24, 2.45) is 0 Å². The minimum atomic E-state index is -1.17. The second kappa shape index (κ2) is 6.70. The molecule has 6 nitrogen and oxygen atoms in total. The molecule has 0 aromatic rings. The molecule has 0 spiro atoms. The van der Waals surface area contributed by atoms with Gasteiger partial charge >= 0.3 is 5.97 Å². The van der Waals surface area contributed by atoms with E-state index in [1.165, 1.54) is 6.92 Å². The SMILES string of the molecule is CCC(C)(NC(=O)CN1CCCNCC1)C(=O)O. The van der Waals surface area contributed by atoms with Gasteiger partial charge in [0.25, 0.3) is 0 Å². The average Bonchev–Trinajstić information content (AvgIpc) is 2.57. The van der Waals surface area contributed by atoms with E-state index in [9.17, 15) is 9.59 Å². The van der Waals surface area contributed by atoms with Crippen molar-refractivity contribution >= 4 is 11.9 Å². The first-order chi connectivity index (χ1) is 8.48. The van der Waals surface area contributed by atoms with Gasteiger partial charge in [-0.05, 0) is 32.9 Å². The third-order valence-electron chi connectivity index (χ3n) is 3.39. The van der Waals surface area contributed by atoms with Gasteiger partial charge in [0.05, 0.1) is 6.54 Å². The Labute approximate surface area is 108 Å². The highest BCUT2D eigenvalue weighted by molar-refractivity contribution is 5.87. The topological polar surface area (TPSA) is 81.7 Å². The summed E-state index contributed by atoms with van der Waals surface area (Å²) in [4.78, 5) is 25.0. The smallest absolute Gasteiger partial charge is 0.329 e. The first-order valence-electron chi connectivity index (χ1n) is 6.45.